The Bertz CT molecular complexity index is 305. The Kier molecular flexibility index (Phi) is 2.45. The Morgan fingerprint density at radius 3 is 2.00 bits per heavy atom. The van der Waals surface area contributed by atoms with E-state index in [0.29, 0.717) is 22.4 Å². The van der Waals surface area contributed by atoms with Crippen LogP contribution in [0, 0.1) is 16.7 Å². The summed E-state index contributed by atoms with van der Waals surface area (Å²) in [5, 5.41) is 0. The van der Waals surface area contributed by atoms with E-state index in [0.717, 1.165) is 5.92 Å². The molecule has 0 aliphatic heterocycles. The molecule has 4 aliphatic carbocycles. The van der Waals surface area contributed by atoms with Gasteiger partial charge in [0.25, 0.3) is 0 Å². The lowest BCUT2D eigenvalue weighted by atomic mass is 9.43. The second-order valence-corrected chi connectivity index (χ2v) is 8.33. The van der Waals surface area contributed by atoms with E-state index in [1.165, 1.54) is 38.5 Å². The first kappa shape index (κ1) is 12.0. The van der Waals surface area contributed by atoms with Gasteiger partial charge >= 0.3 is 0 Å². The summed E-state index contributed by atoms with van der Waals surface area (Å²) in [5.41, 5.74) is 8.83. The fraction of sp³-hybridized carbons (Fsp3) is 1.00. The second kappa shape index (κ2) is 3.48. The average molecular weight is 236 g/mol. The molecule has 0 heterocycles. The fourth-order valence-corrected chi connectivity index (χ4v) is 5.88. The third-order valence-corrected chi connectivity index (χ3v) is 5.25. The van der Waals surface area contributed by atoms with Gasteiger partial charge in [0, 0.05) is 11.6 Å². The molecular formula is C15H28N2. The smallest absolute Gasteiger partial charge is 0.0336 e. The van der Waals surface area contributed by atoms with Crippen molar-refractivity contribution < 1.29 is 0 Å². The van der Waals surface area contributed by atoms with E-state index in [-0.39, 0.29) is 0 Å². The zero-order chi connectivity index (χ0) is 12.3. The van der Waals surface area contributed by atoms with Crippen LogP contribution in [0.1, 0.15) is 66.2 Å². The molecule has 4 rings (SSSR count). The minimum atomic E-state index is 0.396. The minimum absolute atomic E-state index is 0.396. The molecule has 4 aliphatic rings. The maximum Gasteiger partial charge on any atom is 0.0336 e. The second-order valence-electron chi connectivity index (χ2n) is 8.33. The quantitative estimate of drug-likeness (QED) is 0.735. The van der Waals surface area contributed by atoms with Gasteiger partial charge in [0.15, 0.2) is 0 Å². The van der Waals surface area contributed by atoms with Gasteiger partial charge < -0.3 is 0 Å². The number of hydrazine groups is 1. The minimum Gasteiger partial charge on any atom is -0.255 e. The molecule has 4 fully saturated rings. The van der Waals surface area contributed by atoms with E-state index < -0.39 is 0 Å². The van der Waals surface area contributed by atoms with Crippen molar-refractivity contribution in [3.8, 4) is 0 Å². The molecule has 0 aromatic heterocycles. The normalized spacial score (nSPS) is 52.4. The summed E-state index contributed by atoms with van der Waals surface area (Å²) in [4.78, 5) is 0. The maximum absolute atomic E-state index is 3.73. The van der Waals surface area contributed by atoms with E-state index in [4.69, 9.17) is 0 Å². The lowest BCUT2D eigenvalue weighted by Crippen LogP contribution is -2.67. The molecule has 0 radical (unpaired) electrons. The zero-order valence-electron chi connectivity index (χ0n) is 11.9. The molecule has 0 spiro atoms. The highest BCUT2D eigenvalue weighted by Crippen LogP contribution is 2.66. The summed E-state index contributed by atoms with van der Waals surface area (Å²) in [5.74, 6) is 0.975. The first-order chi connectivity index (χ1) is 7.82. The Morgan fingerprint density at radius 1 is 0.941 bits per heavy atom. The van der Waals surface area contributed by atoms with Crippen molar-refractivity contribution in [1.82, 2.24) is 10.9 Å². The van der Waals surface area contributed by atoms with Crippen molar-refractivity contribution in [3.63, 3.8) is 0 Å². The van der Waals surface area contributed by atoms with Crippen LogP contribution in [0.4, 0.5) is 0 Å². The van der Waals surface area contributed by atoms with Gasteiger partial charge in [-0.1, -0.05) is 13.8 Å². The highest BCUT2D eigenvalue weighted by Gasteiger charge is 2.60. The lowest BCUT2D eigenvalue weighted by Gasteiger charge is -2.65. The summed E-state index contributed by atoms with van der Waals surface area (Å²) in [7, 11) is 0. The molecule has 0 saturated heterocycles. The molecule has 0 aromatic carbocycles. The van der Waals surface area contributed by atoms with Crippen LogP contribution in [0.25, 0.3) is 0 Å². The van der Waals surface area contributed by atoms with Crippen LogP contribution in [0.2, 0.25) is 0 Å². The van der Waals surface area contributed by atoms with Crippen molar-refractivity contribution in [1.29, 1.82) is 0 Å². The summed E-state index contributed by atoms with van der Waals surface area (Å²) in [6.07, 6.45) is 8.58. The van der Waals surface area contributed by atoms with Crippen LogP contribution >= 0.6 is 0 Å². The molecule has 2 nitrogen and oxygen atoms in total. The van der Waals surface area contributed by atoms with Crippen molar-refractivity contribution in [2.24, 2.45) is 16.7 Å². The molecule has 2 unspecified atom stereocenters. The highest BCUT2D eigenvalue weighted by molar-refractivity contribution is 5.13. The Hall–Kier alpha value is -0.0800. The van der Waals surface area contributed by atoms with Gasteiger partial charge in [0.05, 0.1) is 0 Å². The largest absolute Gasteiger partial charge is 0.255 e. The molecule has 17 heavy (non-hydrogen) atoms. The highest BCUT2D eigenvalue weighted by atomic mass is 15.4. The number of rotatable bonds is 3. The van der Waals surface area contributed by atoms with Gasteiger partial charge in [-0.05, 0) is 69.1 Å². The van der Waals surface area contributed by atoms with Gasteiger partial charge in [-0.3, -0.25) is 10.9 Å². The van der Waals surface area contributed by atoms with Gasteiger partial charge in [-0.25, -0.2) is 0 Å². The van der Waals surface area contributed by atoms with Gasteiger partial charge in [-0.2, -0.15) is 0 Å². The molecule has 98 valence electrons. The summed E-state index contributed by atoms with van der Waals surface area (Å²) in [6, 6.07) is 0.531. The monoisotopic (exact) mass is 236 g/mol. The van der Waals surface area contributed by atoms with Crippen LogP contribution in [0.3, 0.4) is 0 Å². The van der Waals surface area contributed by atoms with E-state index in [2.05, 4.69) is 38.5 Å². The first-order valence-corrected chi connectivity index (χ1v) is 7.35. The SMILES string of the molecule is CC(C)NNC12CC3CC(C)(CC(C)(C3)C1)C2. The predicted molar refractivity (Wildman–Crippen MR) is 71.5 cm³/mol. The van der Waals surface area contributed by atoms with Crippen molar-refractivity contribution in [3.05, 3.63) is 0 Å². The molecule has 2 atom stereocenters. The predicted octanol–water partition coefficient (Wildman–Crippen LogP) is 3.24. The maximum atomic E-state index is 3.73. The number of hydrogen-bond donors (Lipinski definition) is 2. The molecule has 2 heteroatoms. The molecule has 2 N–H and O–H groups in total. The van der Waals surface area contributed by atoms with E-state index in [1.807, 2.05) is 0 Å². The molecule has 4 saturated carbocycles. The van der Waals surface area contributed by atoms with E-state index in [9.17, 15) is 0 Å². The summed E-state index contributed by atoms with van der Waals surface area (Å²) in [6.45, 7) is 9.50. The third-order valence-electron chi connectivity index (χ3n) is 5.25. The average Bonchev–Trinajstić information content (AvgIpc) is 2.08. The van der Waals surface area contributed by atoms with Crippen molar-refractivity contribution >= 4 is 0 Å². The zero-order valence-corrected chi connectivity index (χ0v) is 11.9. The van der Waals surface area contributed by atoms with Gasteiger partial charge in [0.2, 0.25) is 0 Å². The van der Waals surface area contributed by atoms with Crippen molar-refractivity contribution in [2.75, 3.05) is 0 Å². The van der Waals surface area contributed by atoms with Crippen LogP contribution in [0.15, 0.2) is 0 Å². The molecule has 0 aromatic rings. The lowest BCUT2D eigenvalue weighted by molar-refractivity contribution is -0.122. The molecule has 0 amide bonds. The Morgan fingerprint density at radius 2 is 1.53 bits per heavy atom. The fourth-order valence-electron chi connectivity index (χ4n) is 5.88. The summed E-state index contributed by atoms with van der Waals surface area (Å²) < 4.78 is 0. The van der Waals surface area contributed by atoms with Crippen LogP contribution < -0.4 is 10.9 Å². The molecule has 4 bridgehead atoms. The van der Waals surface area contributed by atoms with Gasteiger partial charge in [-0.15, -0.1) is 0 Å². The number of nitrogens with one attached hydrogen (secondary N) is 2. The summed E-state index contributed by atoms with van der Waals surface area (Å²) >= 11 is 0. The Balaban J connectivity index is 1.82. The van der Waals surface area contributed by atoms with Crippen LogP contribution in [-0.4, -0.2) is 11.6 Å². The third kappa shape index (κ3) is 2.04. The Labute approximate surface area is 106 Å². The van der Waals surface area contributed by atoms with Gasteiger partial charge in [0.1, 0.15) is 0 Å². The van der Waals surface area contributed by atoms with Crippen LogP contribution in [0.5, 0.6) is 0 Å². The van der Waals surface area contributed by atoms with Crippen LogP contribution in [-0.2, 0) is 0 Å². The van der Waals surface area contributed by atoms with Crippen molar-refractivity contribution in [2.45, 2.75) is 77.8 Å². The standard InChI is InChI=1S/C15H28N2/c1-11(2)16-17-15-7-12-5-13(3,9-15)8-14(4,6-12)10-15/h11-12,16-17H,5-10H2,1-4H3. The number of hydrogen-bond acceptors (Lipinski definition) is 2. The first-order valence-electron chi connectivity index (χ1n) is 7.35. The molecular weight excluding hydrogens is 208 g/mol. The van der Waals surface area contributed by atoms with E-state index >= 15 is 0 Å². The van der Waals surface area contributed by atoms with E-state index in [1.54, 1.807) is 0 Å². The topological polar surface area (TPSA) is 24.1 Å².